The van der Waals surface area contributed by atoms with Crippen molar-refractivity contribution in [2.45, 2.75) is 13.1 Å². The van der Waals surface area contributed by atoms with Gasteiger partial charge in [0, 0.05) is 44.4 Å². The number of nitrogens with one attached hydrogen (secondary N) is 1. The Morgan fingerprint density at radius 1 is 1.42 bits per heavy atom. The van der Waals surface area contributed by atoms with Gasteiger partial charge in [0.25, 0.3) is 0 Å². The number of hydrogen-bond donors (Lipinski definition) is 1. The van der Waals surface area contributed by atoms with Crippen molar-refractivity contribution in [1.29, 1.82) is 0 Å². The number of pyridine rings is 1. The minimum atomic E-state index is 0.652. The predicted octanol–water partition coefficient (Wildman–Crippen LogP) is 1.72. The molecule has 19 heavy (non-hydrogen) atoms. The van der Waals surface area contributed by atoms with Gasteiger partial charge < -0.3 is 10.1 Å². The molecule has 0 bridgehead atoms. The lowest BCUT2D eigenvalue weighted by Gasteiger charge is -2.03. The van der Waals surface area contributed by atoms with Gasteiger partial charge in [-0.3, -0.25) is 9.67 Å². The molecule has 0 saturated heterocycles. The summed E-state index contributed by atoms with van der Waals surface area (Å²) in [4.78, 5) is 3.97. The van der Waals surface area contributed by atoms with Crippen molar-refractivity contribution < 1.29 is 4.74 Å². The van der Waals surface area contributed by atoms with Gasteiger partial charge in [0.2, 0.25) is 0 Å². The van der Waals surface area contributed by atoms with Crippen molar-refractivity contribution >= 4 is 11.6 Å². The highest BCUT2D eigenvalue weighted by atomic mass is 35.5. The van der Waals surface area contributed by atoms with E-state index in [0.29, 0.717) is 18.2 Å². The Balaban J connectivity index is 1.89. The van der Waals surface area contributed by atoms with Gasteiger partial charge in [0.1, 0.15) is 0 Å². The van der Waals surface area contributed by atoms with Crippen LogP contribution < -0.4 is 5.32 Å². The lowest BCUT2D eigenvalue weighted by Crippen LogP contribution is -2.18. The van der Waals surface area contributed by atoms with E-state index in [1.807, 2.05) is 23.1 Å². The summed E-state index contributed by atoms with van der Waals surface area (Å²) in [5.41, 5.74) is 2.15. The molecule has 0 aliphatic heterocycles. The van der Waals surface area contributed by atoms with E-state index >= 15 is 0 Å². The van der Waals surface area contributed by atoms with Crippen molar-refractivity contribution in [3.05, 3.63) is 47.0 Å². The van der Waals surface area contributed by atoms with Crippen molar-refractivity contribution in [2.75, 3.05) is 20.3 Å². The minimum absolute atomic E-state index is 0.652. The fourth-order valence-electron chi connectivity index (χ4n) is 1.70. The Hall–Kier alpha value is -1.43. The normalized spacial score (nSPS) is 10.8. The molecule has 0 aliphatic carbocycles. The minimum Gasteiger partial charge on any atom is -0.383 e. The quantitative estimate of drug-likeness (QED) is 0.785. The fraction of sp³-hybridized carbons (Fsp3) is 0.385. The van der Waals surface area contributed by atoms with Crippen molar-refractivity contribution in [1.82, 2.24) is 20.1 Å². The summed E-state index contributed by atoms with van der Waals surface area (Å²) in [5.74, 6) is 0. The largest absolute Gasteiger partial charge is 0.383 e. The van der Waals surface area contributed by atoms with Crippen LogP contribution in [0.3, 0.4) is 0 Å². The van der Waals surface area contributed by atoms with Gasteiger partial charge in [-0.05, 0) is 11.6 Å². The summed E-state index contributed by atoms with van der Waals surface area (Å²) in [7, 11) is 1.69. The second-order valence-corrected chi connectivity index (χ2v) is 4.59. The lowest BCUT2D eigenvalue weighted by atomic mass is 10.3. The zero-order valence-electron chi connectivity index (χ0n) is 10.8. The Morgan fingerprint density at radius 3 is 3.11 bits per heavy atom. The molecule has 0 aliphatic rings. The van der Waals surface area contributed by atoms with E-state index in [-0.39, 0.29) is 0 Å². The Morgan fingerprint density at radius 2 is 2.32 bits per heavy atom. The first-order valence-corrected chi connectivity index (χ1v) is 6.47. The van der Waals surface area contributed by atoms with E-state index in [1.54, 1.807) is 19.5 Å². The third kappa shape index (κ3) is 4.31. The molecule has 0 unspecified atom stereocenters. The average Bonchev–Trinajstić information content (AvgIpc) is 2.85. The van der Waals surface area contributed by atoms with Gasteiger partial charge in [0.05, 0.1) is 24.4 Å². The molecule has 0 fully saturated rings. The second kappa shape index (κ2) is 7.23. The summed E-state index contributed by atoms with van der Waals surface area (Å²) < 4.78 is 6.84. The topological polar surface area (TPSA) is 52.0 Å². The SMILES string of the molecule is COCCNCc1cnn(Cc2ccncc2Cl)c1. The molecule has 2 heterocycles. The number of ether oxygens (including phenoxy) is 1. The summed E-state index contributed by atoms with van der Waals surface area (Å²) in [6.45, 7) is 2.98. The Bertz CT molecular complexity index is 515. The molecule has 0 saturated carbocycles. The van der Waals surface area contributed by atoms with Gasteiger partial charge >= 0.3 is 0 Å². The molecule has 0 radical (unpaired) electrons. The van der Waals surface area contributed by atoms with E-state index in [2.05, 4.69) is 15.4 Å². The molecule has 2 rings (SSSR count). The maximum absolute atomic E-state index is 6.07. The molecule has 0 atom stereocenters. The van der Waals surface area contributed by atoms with Crippen LogP contribution in [0.4, 0.5) is 0 Å². The molecule has 102 valence electrons. The van der Waals surface area contributed by atoms with Crippen LogP contribution in [-0.2, 0) is 17.8 Å². The number of methoxy groups -OCH3 is 1. The standard InChI is InChI=1S/C13H17ClN4O/c1-19-5-4-16-6-11-7-17-18(9-11)10-12-2-3-15-8-13(12)14/h2-3,7-9,16H,4-6,10H2,1H3. The van der Waals surface area contributed by atoms with Crippen LogP contribution in [0.1, 0.15) is 11.1 Å². The molecular formula is C13H17ClN4O. The first kappa shape index (κ1) is 14.0. The lowest BCUT2D eigenvalue weighted by molar-refractivity contribution is 0.199. The molecule has 0 amide bonds. The van der Waals surface area contributed by atoms with Crippen LogP contribution in [0.5, 0.6) is 0 Å². The van der Waals surface area contributed by atoms with Crippen LogP contribution in [0, 0.1) is 0 Å². The summed E-state index contributed by atoms with van der Waals surface area (Å²) in [6.07, 6.45) is 7.25. The molecule has 2 aromatic rings. The zero-order valence-corrected chi connectivity index (χ0v) is 11.6. The second-order valence-electron chi connectivity index (χ2n) is 4.18. The van der Waals surface area contributed by atoms with Crippen LogP contribution in [-0.4, -0.2) is 35.0 Å². The molecule has 5 nitrogen and oxygen atoms in total. The Kier molecular flexibility index (Phi) is 5.32. The van der Waals surface area contributed by atoms with Gasteiger partial charge in [-0.2, -0.15) is 5.10 Å². The third-order valence-electron chi connectivity index (χ3n) is 2.69. The maximum atomic E-state index is 6.07. The maximum Gasteiger partial charge on any atom is 0.0675 e. The van der Waals surface area contributed by atoms with E-state index in [0.717, 1.165) is 24.2 Å². The monoisotopic (exact) mass is 280 g/mol. The van der Waals surface area contributed by atoms with Crippen LogP contribution in [0.25, 0.3) is 0 Å². The molecule has 1 N–H and O–H groups in total. The predicted molar refractivity (Wildman–Crippen MR) is 74.2 cm³/mol. The van der Waals surface area contributed by atoms with Crippen molar-refractivity contribution in [3.8, 4) is 0 Å². The third-order valence-corrected chi connectivity index (χ3v) is 3.03. The van der Waals surface area contributed by atoms with E-state index in [4.69, 9.17) is 16.3 Å². The number of rotatable bonds is 7. The summed E-state index contributed by atoms with van der Waals surface area (Å²) in [5, 5.41) is 8.26. The van der Waals surface area contributed by atoms with Crippen LogP contribution in [0.2, 0.25) is 5.02 Å². The molecule has 6 heteroatoms. The Labute approximate surface area is 117 Å². The van der Waals surface area contributed by atoms with Crippen molar-refractivity contribution in [3.63, 3.8) is 0 Å². The number of nitrogens with zero attached hydrogens (tertiary/aromatic N) is 3. The molecule has 2 aromatic heterocycles. The summed E-state index contributed by atoms with van der Waals surface area (Å²) >= 11 is 6.07. The highest BCUT2D eigenvalue weighted by Gasteiger charge is 2.03. The number of halogens is 1. The number of aromatic nitrogens is 3. The van der Waals surface area contributed by atoms with Crippen LogP contribution >= 0.6 is 11.6 Å². The van der Waals surface area contributed by atoms with Crippen LogP contribution in [0.15, 0.2) is 30.9 Å². The van der Waals surface area contributed by atoms with E-state index in [9.17, 15) is 0 Å². The van der Waals surface area contributed by atoms with Crippen molar-refractivity contribution in [2.24, 2.45) is 0 Å². The fourth-order valence-corrected chi connectivity index (χ4v) is 1.88. The average molecular weight is 281 g/mol. The van der Waals surface area contributed by atoms with Gasteiger partial charge in [0.15, 0.2) is 0 Å². The molecule has 0 aromatic carbocycles. The number of hydrogen-bond acceptors (Lipinski definition) is 4. The molecular weight excluding hydrogens is 264 g/mol. The summed E-state index contributed by atoms with van der Waals surface area (Å²) in [6, 6.07) is 1.90. The highest BCUT2D eigenvalue weighted by Crippen LogP contribution is 2.14. The highest BCUT2D eigenvalue weighted by molar-refractivity contribution is 6.31. The first-order chi connectivity index (χ1) is 9.29. The van der Waals surface area contributed by atoms with E-state index in [1.165, 1.54) is 0 Å². The van der Waals surface area contributed by atoms with Gasteiger partial charge in [-0.25, -0.2) is 0 Å². The zero-order chi connectivity index (χ0) is 13.5. The van der Waals surface area contributed by atoms with Gasteiger partial charge in [-0.15, -0.1) is 0 Å². The van der Waals surface area contributed by atoms with E-state index < -0.39 is 0 Å². The smallest absolute Gasteiger partial charge is 0.0675 e. The molecule has 0 spiro atoms. The first-order valence-electron chi connectivity index (χ1n) is 6.09. The van der Waals surface area contributed by atoms with Gasteiger partial charge in [-0.1, -0.05) is 11.6 Å².